The molecule has 0 saturated carbocycles. The van der Waals surface area contributed by atoms with Gasteiger partial charge < -0.3 is 9.64 Å². The number of fused-ring (bicyclic) bond motifs is 1. The number of sulfonamides is 1. The van der Waals surface area contributed by atoms with Crippen LogP contribution >= 0.6 is 0 Å². The Morgan fingerprint density at radius 3 is 2.32 bits per heavy atom. The van der Waals surface area contributed by atoms with Crippen LogP contribution < -0.4 is 9.21 Å². The van der Waals surface area contributed by atoms with E-state index >= 15 is 0 Å². The number of benzene rings is 2. The summed E-state index contributed by atoms with van der Waals surface area (Å²) >= 11 is 0. The molecule has 2 aliphatic heterocycles. The Bertz CT molecular complexity index is 1100. The Labute approximate surface area is 204 Å². The highest BCUT2D eigenvalue weighted by Gasteiger charge is 2.34. The summed E-state index contributed by atoms with van der Waals surface area (Å²) in [4.78, 5) is 14.9. The van der Waals surface area contributed by atoms with Crippen molar-refractivity contribution in [3.8, 4) is 0 Å². The summed E-state index contributed by atoms with van der Waals surface area (Å²) in [5, 5.41) is 0. The summed E-state index contributed by atoms with van der Waals surface area (Å²) in [5.74, 6) is 0.464. The van der Waals surface area contributed by atoms with Crippen LogP contribution in [0.25, 0.3) is 0 Å². The van der Waals surface area contributed by atoms with Gasteiger partial charge in [-0.2, -0.15) is 0 Å². The largest absolute Gasteiger partial charge is 0.381 e. The van der Waals surface area contributed by atoms with E-state index < -0.39 is 10.0 Å². The number of nitrogens with zero attached hydrogens (tertiary/aromatic N) is 2. The molecule has 0 spiro atoms. The third-order valence-corrected chi connectivity index (χ3v) is 9.07. The SMILES string of the molecule is CCc1ccc(N(C(CC)CC)S(=O)(=O)c2ccc3c(c2)CC(=O)N3CC2CCOCC2)cc1. The second-order valence-electron chi connectivity index (χ2n) is 9.32. The summed E-state index contributed by atoms with van der Waals surface area (Å²) in [7, 11) is -3.79. The predicted molar refractivity (Wildman–Crippen MR) is 136 cm³/mol. The molecule has 1 amide bonds. The lowest BCUT2D eigenvalue weighted by molar-refractivity contribution is -0.117. The van der Waals surface area contributed by atoms with Gasteiger partial charge in [0, 0.05) is 31.5 Å². The summed E-state index contributed by atoms with van der Waals surface area (Å²) in [5.41, 5.74) is 3.50. The van der Waals surface area contributed by atoms with Crippen LogP contribution in [0.2, 0.25) is 0 Å². The van der Waals surface area contributed by atoms with E-state index in [1.165, 1.54) is 5.56 Å². The molecule has 34 heavy (non-hydrogen) atoms. The molecular weight excluding hydrogens is 448 g/mol. The van der Waals surface area contributed by atoms with Crippen molar-refractivity contribution in [3.05, 3.63) is 53.6 Å². The van der Waals surface area contributed by atoms with Crippen molar-refractivity contribution in [2.75, 3.05) is 29.0 Å². The van der Waals surface area contributed by atoms with Crippen LogP contribution in [0.1, 0.15) is 57.6 Å². The van der Waals surface area contributed by atoms with Gasteiger partial charge in [0.05, 0.1) is 17.0 Å². The van der Waals surface area contributed by atoms with Crippen molar-refractivity contribution in [3.63, 3.8) is 0 Å². The number of hydrogen-bond donors (Lipinski definition) is 0. The van der Waals surface area contributed by atoms with Crippen LogP contribution in [0.15, 0.2) is 47.4 Å². The van der Waals surface area contributed by atoms with Crippen molar-refractivity contribution >= 4 is 27.3 Å². The summed E-state index contributed by atoms with van der Waals surface area (Å²) < 4.78 is 34.9. The monoisotopic (exact) mass is 484 g/mol. The fourth-order valence-electron chi connectivity index (χ4n) is 5.07. The molecule has 0 N–H and O–H groups in total. The number of aryl methyl sites for hydroxylation is 1. The number of rotatable bonds is 9. The third-order valence-electron chi connectivity index (χ3n) is 7.20. The van der Waals surface area contributed by atoms with E-state index in [4.69, 9.17) is 4.74 Å². The minimum atomic E-state index is -3.79. The molecule has 2 aromatic rings. The second-order valence-corrected chi connectivity index (χ2v) is 11.1. The van der Waals surface area contributed by atoms with E-state index in [1.54, 1.807) is 16.4 Å². The number of ether oxygens (including phenoxy) is 1. The molecule has 7 heteroatoms. The molecule has 2 aromatic carbocycles. The smallest absolute Gasteiger partial charge is 0.264 e. The summed E-state index contributed by atoms with van der Waals surface area (Å²) in [6, 6.07) is 12.9. The Balaban J connectivity index is 1.66. The van der Waals surface area contributed by atoms with Gasteiger partial charge in [-0.1, -0.05) is 32.9 Å². The van der Waals surface area contributed by atoms with Crippen LogP contribution in [0.4, 0.5) is 11.4 Å². The molecule has 0 atom stereocenters. The van der Waals surface area contributed by atoms with Gasteiger partial charge in [-0.3, -0.25) is 9.10 Å². The fourth-order valence-corrected chi connectivity index (χ4v) is 6.91. The lowest BCUT2D eigenvalue weighted by Crippen LogP contribution is -2.40. The third kappa shape index (κ3) is 4.86. The van der Waals surface area contributed by atoms with Gasteiger partial charge in [0.1, 0.15) is 0 Å². The minimum Gasteiger partial charge on any atom is -0.381 e. The normalized spacial score (nSPS) is 16.8. The van der Waals surface area contributed by atoms with E-state index in [0.29, 0.717) is 31.0 Å². The maximum absolute atomic E-state index is 13.9. The molecule has 0 radical (unpaired) electrons. The van der Waals surface area contributed by atoms with Gasteiger partial charge in [0.15, 0.2) is 0 Å². The van der Waals surface area contributed by atoms with E-state index in [2.05, 4.69) is 6.92 Å². The van der Waals surface area contributed by atoms with Gasteiger partial charge in [-0.25, -0.2) is 8.42 Å². The zero-order chi connectivity index (χ0) is 24.3. The van der Waals surface area contributed by atoms with E-state index in [1.807, 2.05) is 49.1 Å². The van der Waals surface area contributed by atoms with Crippen molar-refractivity contribution in [2.24, 2.45) is 5.92 Å². The summed E-state index contributed by atoms with van der Waals surface area (Å²) in [6.07, 6.45) is 4.49. The van der Waals surface area contributed by atoms with Gasteiger partial charge in [0.25, 0.3) is 10.0 Å². The lowest BCUT2D eigenvalue weighted by atomic mass is 10.00. The van der Waals surface area contributed by atoms with Gasteiger partial charge >= 0.3 is 0 Å². The lowest BCUT2D eigenvalue weighted by Gasteiger charge is -2.32. The van der Waals surface area contributed by atoms with Crippen LogP contribution in [0.5, 0.6) is 0 Å². The molecule has 0 unspecified atom stereocenters. The molecule has 1 saturated heterocycles. The first-order valence-corrected chi connectivity index (χ1v) is 14.0. The first-order valence-electron chi connectivity index (χ1n) is 12.5. The van der Waals surface area contributed by atoms with E-state index in [9.17, 15) is 13.2 Å². The molecule has 6 nitrogen and oxygen atoms in total. The Morgan fingerprint density at radius 1 is 1.03 bits per heavy atom. The Morgan fingerprint density at radius 2 is 1.71 bits per heavy atom. The maximum Gasteiger partial charge on any atom is 0.264 e. The van der Waals surface area contributed by atoms with Crippen LogP contribution in [0.3, 0.4) is 0 Å². The van der Waals surface area contributed by atoms with E-state index in [-0.39, 0.29) is 23.3 Å². The van der Waals surface area contributed by atoms with Gasteiger partial charge in [-0.05, 0) is 79.5 Å². The highest BCUT2D eigenvalue weighted by molar-refractivity contribution is 7.92. The van der Waals surface area contributed by atoms with Crippen LogP contribution in [0, 0.1) is 5.92 Å². The zero-order valence-electron chi connectivity index (χ0n) is 20.5. The van der Waals surface area contributed by atoms with Gasteiger partial charge in [-0.15, -0.1) is 0 Å². The average Bonchev–Trinajstić information content (AvgIpc) is 3.17. The highest BCUT2D eigenvalue weighted by atomic mass is 32.2. The number of amides is 1. The molecule has 0 aliphatic carbocycles. The molecular formula is C27H36N2O4S. The number of anilines is 2. The van der Waals surface area contributed by atoms with Crippen molar-refractivity contribution in [1.82, 2.24) is 0 Å². The first-order chi connectivity index (χ1) is 16.4. The molecule has 1 fully saturated rings. The van der Waals surface area contributed by atoms with Crippen LogP contribution in [-0.4, -0.2) is 40.1 Å². The molecule has 4 rings (SSSR count). The molecule has 2 heterocycles. The first kappa shape index (κ1) is 24.7. The molecule has 0 bridgehead atoms. The van der Waals surface area contributed by atoms with Crippen LogP contribution in [-0.2, 0) is 32.4 Å². The quantitative estimate of drug-likeness (QED) is 0.505. The Kier molecular flexibility index (Phi) is 7.63. The molecule has 184 valence electrons. The number of carbonyl (C=O) groups is 1. The Hall–Kier alpha value is -2.38. The van der Waals surface area contributed by atoms with E-state index in [0.717, 1.165) is 43.7 Å². The zero-order valence-corrected chi connectivity index (χ0v) is 21.3. The minimum absolute atomic E-state index is 0.0445. The number of carbonyl (C=O) groups excluding carboxylic acids is 1. The van der Waals surface area contributed by atoms with Gasteiger partial charge in [0.2, 0.25) is 5.91 Å². The molecule has 0 aromatic heterocycles. The number of hydrogen-bond acceptors (Lipinski definition) is 4. The second kappa shape index (κ2) is 10.5. The van der Waals surface area contributed by atoms with Crippen molar-refractivity contribution in [1.29, 1.82) is 0 Å². The van der Waals surface area contributed by atoms with Crippen molar-refractivity contribution < 1.29 is 17.9 Å². The predicted octanol–water partition coefficient (Wildman–Crippen LogP) is 4.95. The fraction of sp³-hybridized carbons (Fsp3) is 0.519. The van der Waals surface area contributed by atoms with Crippen molar-refractivity contribution in [2.45, 2.75) is 70.2 Å². The summed E-state index contributed by atoms with van der Waals surface area (Å²) in [6.45, 7) is 8.27. The highest BCUT2D eigenvalue weighted by Crippen LogP contribution is 2.35. The molecule has 2 aliphatic rings. The standard InChI is InChI=1S/C27H36N2O4S/c1-4-20-7-9-24(10-8-20)29(23(5-2)6-3)34(31,32)25-11-12-26-22(17-25)18-27(30)28(26)19-21-13-15-33-16-14-21/h7-12,17,21,23H,4-6,13-16,18-19H2,1-3H3. The maximum atomic E-state index is 13.9. The topological polar surface area (TPSA) is 66.9 Å². The average molecular weight is 485 g/mol.